The molecule has 5 nitrogen and oxygen atoms in total. The predicted octanol–water partition coefficient (Wildman–Crippen LogP) is 3.26. The molecular formula is C18H22ClN3O2. The molecule has 2 amide bonds. The van der Waals surface area contributed by atoms with Gasteiger partial charge in [-0.25, -0.2) is 4.79 Å². The highest BCUT2D eigenvalue weighted by Gasteiger charge is 2.09. The first-order valence-corrected chi connectivity index (χ1v) is 8.08. The van der Waals surface area contributed by atoms with Gasteiger partial charge in [0.15, 0.2) is 0 Å². The average Bonchev–Trinajstić information content (AvgIpc) is 2.55. The molecule has 128 valence electrons. The van der Waals surface area contributed by atoms with Crippen molar-refractivity contribution in [3.8, 4) is 0 Å². The van der Waals surface area contributed by atoms with Crippen LogP contribution in [0.1, 0.15) is 11.1 Å². The number of benzene rings is 2. The number of nitrogens with zero attached hydrogens (tertiary/aromatic N) is 1. The number of carbonyl (C=O) groups excluding carboxylic acids is 1. The van der Waals surface area contributed by atoms with Crippen molar-refractivity contribution in [2.24, 2.45) is 0 Å². The van der Waals surface area contributed by atoms with Crippen molar-refractivity contribution in [3.63, 3.8) is 0 Å². The number of hydrogen-bond donors (Lipinski definition) is 3. The van der Waals surface area contributed by atoms with E-state index in [-0.39, 0.29) is 12.6 Å². The summed E-state index contributed by atoms with van der Waals surface area (Å²) in [5, 5.41) is 15.3. The molecule has 0 atom stereocenters. The zero-order valence-corrected chi connectivity index (χ0v) is 14.6. The van der Waals surface area contributed by atoms with Crippen LogP contribution in [0, 0.1) is 0 Å². The van der Waals surface area contributed by atoms with Gasteiger partial charge >= 0.3 is 6.03 Å². The maximum atomic E-state index is 12.1. The fourth-order valence-electron chi connectivity index (χ4n) is 2.30. The van der Waals surface area contributed by atoms with E-state index < -0.39 is 0 Å². The van der Waals surface area contributed by atoms with E-state index in [1.807, 2.05) is 49.3 Å². The molecule has 0 aliphatic carbocycles. The van der Waals surface area contributed by atoms with Crippen molar-refractivity contribution in [2.75, 3.05) is 30.9 Å². The zero-order valence-electron chi connectivity index (χ0n) is 13.8. The van der Waals surface area contributed by atoms with Crippen molar-refractivity contribution in [3.05, 3.63) is 58.6 Å². The highest BCUT2D eigenvalue weighted by molar-refractivity contribution is 6.31. The lowest BCUT2D eigenvalue weighted by Crippen LogP contribution is -2.31. The van der Waals surface area contributed by atoms with Gasteiger partial charge in [0.05, 0.1) is 18.0 Å². The number of anilines is 2. The number of hydrogen-bond acceptors (Lipinski definition) is 3. The highest BCUT2D eigenvalue weighted by Crippen LogP contribution is 2.27. The topological polar surface area (TPSA) is 64.6 Å². The van der Waals surface area contributed by atoms with Gasteiger partial charge in [0, 0.05) is 25.7 Å². The van der Waals surface area contributed by atoms with Gasteiger partial charge in [-0.15, -0.1) is 0 Å². The average molecular weight is 348 g/mol. The molecule has 0 heterocycles. The Labute approximate surface area is 147 Å². The molecule has 0 spiro atoms. The Balaban J connectivity index is 1.88. The summed E-state index contributed by atoms with van der Waals surface area (Å²) in [4.78, 5) is 14.0. The van der Waals surface area contributed by atoms with E-state index in [0.29, 0.717) is 17.3 Å². The van der Waals surface area contributed by atoms with Crippen LogP contribution in [0.4, 0.5) is 16.2 Å². The van der Waals surface area contributed by atoms with Crippen LogP contribution in [0.25, 0.3) is 0 Å². The van der Waals surface area contributed by atoms with Crippen molar-refractivity contribution >= 4 is 29.0 Å². The summed E-state index contributed by atoms with van der Waals surface area (Å²) >= 11 is 6.01. The Hall–Kier alpha value is -2.24. The maximum absolute atomic E-state index is 12.1. The van der Waals surface area contributed by atoms with Crippen molar-refractivity contribution in [2.45, 2.75) is 13.0 Å². The van der Waals surface area contributed by atoms with Gasteiger partial charge in [-0.05, 0) is 35.7 Å². The Morgan fingerprint density at radius 1 is 1.12 bits per heavy atom. The van der Waals surface area contributed by atoms with Crippen LogP contribution < -0.4 is 15.5 Å². The second-order valence-electron chi connectivity index (χ2n) is 5.66. The normalized spacial score (nSPS) is 10.3. The molecular weight excluding hydrogens is 326 g/mol. The molecule has 0 aromatic heterocycles. The Bertz CT molecular complexity index is 687. The lowest BCUT2D eigenvalue weighted by molar-refractivity contribution is 0.252. The molecule has 6 heteroatoms. The highest BCUT2D eigenvalue weighted by atomic mass is 35.5. The van der Waals surface area contributed by atoms with Crippen LogP contribution in [0.5, 0.6) is 0 Å². The van der Waals surface area contributed by atoms with Crippen LogP contribution in [0.15, 0.2) is 42.5 Å². The summed E-state index contributed by atoms with van der Waals surface area (Å²) in [5.74, 6) is 0. The lowest BCUT2D eigenvalue weighted by atomic mass is 10.1. The second kappa shape index (κ2) is 8.57. The molecule has 2 aromatic carbocycles. The lowest BCUT2D eigenvalue weighted by Gasteiger charge is -2.18. The minimum Gasteiger partial charge on any atom is -0.392 e. The monoisotopic (exact) mass is 347 g/mol. The standard InChI is InChI=1S/C18H22ClN3O2/c1-22(2)17-8-7-15(19)11-16(17)21-18(24)20-10-9-13-3-5-14(12-23)6-4-13/h3-8,11,23H,9-10,12H2,1-2H3,(H2,20,21,24). The zero-order chi connectivity index (χ0) is 17.5. The molecule has 0 bridgehead atoms. The van der Waals surface area contributed by atoms with E-state index in [2.05, 4.69) is 10.6 Å². The molecule has 24 heavy (non-hydrogen) atoms. The van der Waals surface area contributed by atoms with Crippen LogP contribution in [-0.4, -0.2) is 31.8 Å². The third-order valence-electron chi connectivity index (χ3n) is 3.59. The molecule has 0 unspecified atom stereocenters. The van der Waals surface area contributed by atoms with Crippen LogP contribution in [0.2, 0.25) is 5.02 Å². The van der Waals surface area contributed by atoms with Gasteiger partial charge < -0.3 is 20.6 Å². The van der Waals surface area contributed by atoms with Gasteiger partial charge in [-0.1, -0.05) is 35.9 Å². The predicted molar refractivity (Wildman–Crippen MR) is 98.9 cm³/mol. The van der Waals surface area contributed by atoms with Crippen molar-refractivity contribution < 1.29 is 9.90 Å². The summed E-state index contributed by atoms with van der Waals surface area (Å²) in [6.07, 6.45) is 0.717. The molecule has 0 saturated heterocycles. The summed E-state index contributed by atoms with van der Waals surface area (Å²) in [5.41, 5.74) is 3.53. The molecule has 0 aliphatic rings. The number of aliphatic hydroxyl groups excluding tert-OH is 1. The maximum Gasteiger partial charge on any atom is 0.319 e. The fraction of sp³-hybridized carbons (Fsp3) is 0.278. The number of carbonyl (C=O) groups is 1. The number of aliphatic hydroxyl groups is 1. The Morgan fingerprint density at radius 3 is 2.42 bits per heavy atom. The van der Waals surface area contributed by atoms with Gasteiger partial charge in [0.2, 0.25) is 0 Å². The number of nitrogens with one attached hydrogen (secondary N) is 2. The Morgan fingerprint density at radius 2 is 1.79 bits per heavy atom. The summed E-state index contributed by atoms with van der Waals surface area (Å²) in [6.45, 7) is 0.553. The smallest absolute Gasteiger partial charge is 0.319 e. The Kier molecular flexibility index (Phi) is 6.46. The van der Waals surface area contributed by atoms with E-state index in [0.717, 1.165) is 23.2 Å². The molecule has 2 aromatic rings. The summed E-state index contributed by atoms with van der Waals surface area (Å²) in [6, 6.07) is 12.8. The molecule has 0 saturated carbocycles. The first-order valence-electron chi connectivity index (χ1n) is 7.70. The van der Waals surface area contributed by atoms with Crippen LogP contribution >= 0.6 is 11.6 Å². The van der Waals surface area contributed by atoms with Crippen LogP contribution in [-0.2, 0) is 13.0 Å². The second-order valence-corrected chi connectivity index (χ2v) is 6.10. The number of amides is 2. The minimum atomic E-state index is -0.271. The third-order valence-corrected chi connectivity index (χ3v) is 3.83. The first kappa shape index (κ1) is 18.1. The van der Waals surface area contributed by atoms with Crippen molar-refractivity contribution in [1.82, 2.24) is 5.32 Å². The molecule has 0 radical (unpaired) electrons. The van der Waals surface area contributed by atoms with E-state index in [1.54, 1.807) is 12.1 Å². The van der Waals surface area contributed by atoms with Gasteiger partial charge in [-0.2, -0.15) is 0 Å². The quantitative estimate of drug-likeness (QED) is 0.751. The van der Waals surface area contributed by atoms with E-state index >= 15 is 0 Å². The molecule has 0 fully saturated rings. The summed E-state index contributed by atoms with van der Waals surface area (Å²) < 4.78 is 0. The largest absolute Gasteiger partial charge is 0.392 e. The van der Waals surface area contributed by atoms with Crippen molar-refractivity contribution in [1.29, 1.82) is 0 Å². The molecule has 2 rings (SSSR count). The van der Waals surface area contributed by atoms with Gasteiger partial charge in [0.1, 0.15) is 0 Å². The van der Waals surface area contributed by atoms with E-state index in [9.17, 15) is 4.79 Å². The molecule has 0 aliphatic heterocycles. The number of urea groups is 1. The third kappa shape index (κ3) is 5.15. The van der Waals surface area contributed by atoms with E-state index in [1.165, 1.54) is 0 Å². The number of halogens is 1. The fourth-order valence-corrected chi connectivity index (χ4v) is 2.47. The first-order chi connectivity index (χ1) is 11.5. The van der Waals surface area contributed by atoms with E-state index in [4.69, 9.17) is 16.7 Å². The SMILES string of the molecule is CN(C)c1ccc(Cl)cc1NC(=O)NCCc1ccc(CO)cc1. The minimum absolute atomic E-state index is 0.0365. The summed E-state index contributed by atoms with van der Waals surface area (Å²) in [7, 11) is 3.81. The van der Waals surface area contributed by atoms with Crippen LogP contribution in [0.3, 0.4) is 0 Å². The van der Waals surface area contributed by atoms with Gasteiger partial charge in [-0.3, -0.25) is 0 Å². The number of rotatable bonds is 6. The molecule has 3 N–H and O–H groups in total. The van der Waals surface area contributed by atoms with Gasteiger partial charge in [0.25, 0.3) is 0 Å².